The number of carbonyl (C=O) groups excluding carboxylic acids is 4. The van der Waals surface area contributed by atoms with Gasteiger partial charge in [-0.25, -0.2) is 31.3 Å². The number of alkyl halides is 4. The average molecular weight is 876 g/mol. The van der Waals surface area contributed by atoms with Crippen LogP contribution in [0.15, 0.2) is 36.4 Å². The summed E-state index contributed by atoms with van der Waals surface area (Å²) in [4.78, 5) is 64.1. The number of H-pyrrole nitrogens is 1. The molecular weight excluding hydrogens is 821 g/mol. The molecule has 4 aromatic rings. The normalized spacial score (nSPS) is 20.6. The molecule has 2 aliphatic rings. The lowest BCUT2D eigenvalue weighted by Crippen LogP contribution is -2.56. The van der Waals surface area contributed by atoms with Gasteiger partial charge in [-0.05, 0) is 82.1 Å². The summed E-state index contributed by atoms with van der Waals surface area (Å²) in [5.74, 6) is -11.2. The number of amides is 4. The lowest BCUT2D eigenvalue weighted by atomic mass is 9.97. The lowest BCUT2D eigenvalue weighted by molar-refractivity contribution is -0.140. The molecule has 0 aliphatic carbocycles. The van der Waals surface area contributed by atoms with Crippen molar-refractivity contribution in [3.05, 3.63) is 53.6 Å². The van der Waals surface area contributed by atoms with Gasteiger partial charge in [0.2, 0.25) is 23.6 Å². The molecule has 2 fully saturated rings. The Hall–Kier alpha value is -5.17. The van der Waals surface area contributed by atoms with Crippen LogP contribution in [-0.4, -0.2) is 123 Å². The largest absolute Gasteiger partial charge is 0.352 e. The molecule has 5 N–H and O–H groups in total. The Bertz CT molecular complexity index is 2170. The highest BCUT2D eigenvalue weighted by molar-refractivity contribution is 5.93. The van der Waals surface area contributed by atoms with E-state index in [-0.39, 0.29) is 35.5 Å². The highest BCUT2D eigenvalue weighted by atomic mass is 19.3. The second kappa shape index (κ2) is 17.9. The van der Waals surface area contributed by atoms with E-state index in [1.165, 1.54) is 28.8 Å². The maximum atomic E-state index is 15.5. The topological polar surface area (TPSA) is 156 Å². The summed E-state index contributed by atoms with van der Waals surface area (Å²) in [5, 5.41) is 11.4. The van der Waals surface area contributed by atoms with Crippen LogP contribution >= 0.6 is 0 Å². The lowest BCUT2D eigenvalue weighted by Gasteiger charge is -2.32. The first-order chi connectivity index (χ1) is 29.0. The Labute approximate surface area is 355 Å². The highest BCUT2D eigenvalue weighted by Gasteiger charge is 2.51. The van der Waals surface area contributed by atoms with E-state index in [4.69, 9.17) is 4.98 Å². The smallest absolute Gasteiger partial charge is 0.267 e. The molecule has 2 aromatic carbocycles. The Morgan fingerprint density at radius 1 is 0.758 bits per heavy atom. The van der Waals surface area contributed by atoms with Crippen LogP contribution in [0.2, 0.25) is 0 Å². The van der Waals surface area contributed by atoms with Crippen molar-refractivity contribution in [1.29, 1.82) is 0 Å². The number of likely N-dealkylation sites (N-methyl/N-ethyl adjacent to an activating group) is 2. The molecule has 2 unspecified atom stereocenters. The fourth-order valence-corrected chi connectivity index (χ4v) is 8.42. The summed E-state index contributed by atoms with van der Waals surface area (Å²) in [5.41, 5.74) is 1.18. The monoisotopic (exact) mass is 875 g/mol. The zero-order valence-electron chi connectivity index (χ0n) is 36.0. The van der Waals surface area contributed by atoms with Gasteiger partial charge in [-0.15, -0.1) is 0 Å². The van der Waals surface area contributed by atoms with Crippen molar-refractivity contribution in [3.63, 3.8) is 0 Å². The van der Waals surface area contributed by atoms with Gasteiger partial charge in [0, 0.05) is 42.4 Å². The van der Waals surface area contributed by atoms with Crippen molar-refractivity contribution in [3.8, 4) is 11.5 Å². The molecule has 0 bridgehead atoms. The molecule has 0 radical (unpaired) electrons. The van der Waals surface area contributed by atoms with Crippen LogP contribution in [0.1, 0.15) is 59.9 Å². The van der Waals surface area contributed by atoms with E-state index in [0.717, 1.165) is 21.9 Å². The quantitative estimate of drug-likeness (QED) is 0.106. The van der Waals surface area contributed by atoms with Crippen LogP contribution < -0.4 is 21.3 Å². The Balaban J connectivity index is 1.44. The number of aromatic amines is 1. The fraction of sp³-hybridized carbons (Fsp3) is 0.558. The van der Waals surface area contributed by atoms with Gasteiger partial charge in [-0.1, -0.05) is 27.7 Å². The average Bonchev–Trinajstić information content (AvgIpc) is 3.92. The zero-order valence-corrected chi connectivity index (χ0v) is 36.0. The molecule has 2 aliphatic heterocycles. The van der Waals surface area contributed by atoms with Gasteiger partial charge in [-0.2, -0.15) is 0 Å². The van der Waals surface area contributed by atoms with E-state index in [1.807, 2.05) is 0 Å². The molecule has 6 atom stereocenters. The van der Waals surface area contributed by atoms with Gasteiger partial charge >= 0.3 is 0 Å². The number of nitrogens with zero attached hydrogens (tertiary/aromatic N) is 4. The molecule has 0 saturated carbocycles. The van der Waals surface area contributed by atoms with E-state index >= 15 is 17.6 Å². The molecule has 338 valence electrons. The standard InChI is InChI=1S/C43H55F6N9O4/c1-21(2)34(54-38(59)23(5)50-7)40(61)57-19-42(46,47)16-27(57)15-30-29-11-9-25(44)13-31(29)52-36(30)37-53-32-14-26(45)10-12-33(32)56(37)18-28-17-43(48,49)20-58(28)41(62)35(22(3)4)55-39(60)24(6)51-8/h9-14,21-24,27-28,34-35,50-52H,15-20H2,1-8H3,(H,54,59)(H,55,60)/t23-,24-,27+,28-,34?,35?/m0/s1. The number of carbonyl (C=O) groups is 4. The second-order valence-electron chi connectivity index (χ2n) is 17.4. The first-order valence-corrected chi connectivity index (χ1v) is 20.8. The molecule has 2 aromatic heterocycles. The molecule has 6 rings (SSSR count). The number of halogens is 6. The molecule has 2 saturated heterocycles. The number of likely N-dealkylation sites (tertiary alicyclic amines) is 2. The second-order valence-corrected chi connectivity index (χ2v) is 17.4. The number of rotatable bonds is 15. The van der Waals surface area contributed by atoms with Crippen LogP contribution in [0.4, 0.5) is 26.3 Å². The molecule has 0 spiro atoms. The maximum Gasteiger partial charge on any atom is 0.267 e. The van der Waals surface area contributed by atoms with Crippen LogP contribution in [0.25, 0.3) is 33.5 Å². The third-order valence-electron chi connectivity index (χ3n) is 12.1. The van der Waals surface area contributed by atoms with Gasteiger partial charge < -0.3 is 40.6 Å². The number of hydrogen-bond acceptors (Lipinski definition) is 7. The predicted octanol–water partition coefficient (Wildman–Crippen LogP) is 4.98. The van der Waals surface area contributed by atoms with E-state index in [1.54, 1.807) is 55.6 Å². The zero-order chi connectivity index (χ0) is 45.6. The van der Waals surface area contributed by atoms with Crippen molar-refractivity contribution in [2.45, 2.75) is 115 Å². The Morgan fingerprint density at radius 2 is 1.26 bits per heavy atom. The van der Waals surface area contributed by atoms with Gasteiger partial charge in [0.25, 0.3) is 11.8 Å². The molecule has 4 heterocycles. The fourth-order valence-electron chi connectivity index (χ4n) is 8.42. The van der Waals surface area contributed by atoms with E-state index in [2.05, 4.69) is 26.3 Å². The van der Waals surface area contributed by atoms with Gasteiger partial charge in [-0.3, -0.25) is 19.2 Å². The van der Waals surface area contributed by atoms with E-state index < -0.39 is 121 Å². The van der Waals surface area contributed by atoms with Crippen molar-refractivity contribution >= 4 is 45.6 Å². The van der Waals surface area contributed by atoms with Gasteiger partial charge in [0.15, 0.2) is 5.82 Å². The number of fused-ring (bicyclic) bond motifs is 2. The molecule has 13 nitrogen and oxygen atoms in total. The maximum absolute atomic E-state index is 15.5. The van der Waals surface area contributed by atoms with Crippen LogP contribution in [-0.2, 0) is 32.1 Å². The number of aromatic nitrogens is 3. The highest BCUT2D eigenvalue weighted by Crippen LogP contribution is 2.41. The van der Waals surface area contributed by atoms with E-state index in [0.29, 0.717) is 16.5 Å². The van der Waals surface area contributed by atoms with Crippen LogP contribution in [0.3, 0.4) is 0 Å². The van der Waals surface area contributed by atoms with Crippen molar-refractivity contribution < 1.29 is 45.5 Å². The van der Waals surface area contributed by atoms with Crippen LogP contribution in [0.5, 0.6) is 0 Å². The summed E-state index contributed by atoms with van der Waals surface area (Å²) in [6.07, 6.45) is -1.71. The summed E-state index contributed by atoms with van der Waals surface area (Å²) < 4.78 is 93.1. The predicted molar refractivity (Wildman–Crippen MR) is 221 cm³/mol. The number of imidazole rings is 1. The summed E-state index contributed by atoms with van der Waals surface area (Å²) in [7, 11) is 3.13. The first-order valence-electron chi connectivity index (χ1n) is 20.8. The van der Waals surface area contributed by atoms with Crippen molar-refractivity contribution in [2.75, 3.05) is 27.2 Å². The first kappa shape index (κ1) is 46.3. The van der Waals surface area contributed by atoms with Crippen molar-refractivity contribution in [2.24, 2.45) is 11.8 Å². The summed E-state index contributed by atoms with van der Waals surface area (Å²) in [6.45, 7) is 7.78. The molecular formula is C43H55F6N9O4. The molecule has 4 amide bonds. The number of nitrogens with one attached hydrogen (secondary N) is 5. The minimum Gasteiger partial charge on any atom is -0.352 e. The Morgan fingerprint density at radius 3 is 1.79 bits per heavy atom. The van der Waals surface area contributed by atoms with Crippen LogP contribution in [0, 0.1) is 23.5 Å². The summed E-state index contributed by atoms with van der Waals surface area (Å²) in [6, 6.07) is 1.61. The SMILES string of the molecule is CN[C@@H](C)C(=O)NC(C(=O)N1CC(F)(F)C[C@H]1Cc1c(-c2nc3cc(F)ccc3n2C[C@@H]2CC(F)(F)CN2C(=O)C(NC(=O)[C@H](C)NC)C(C)C)[nH]c2cc(F)ccc12)C(C)C. The minimum absolute atomic E-state index is 0.0624. The third kappa shape index (κ3) is 9.57. The number of benzene rings is 2. The minimum atomic E-state index is -3.32. The van der Waals surface area contributed by atoms with Gasteiger partial charge in [0.1, 0.15) is 23.7 Å². The third-order valence-corrected chi connectivity index (χ3v) is 12.1. The Kier molecular flexibility index (Phi) is 13.4. The molecule has 62 heavy (non-hydrogen) atoms. The van der Waals surface area contributed by atoms with E-state index in [9.17, 15) is 28.0 Å². The summed E-state index contributed by atoms with van der Waals surface area (Å²) >= 11 is 0. The molecule has 19 heteroatoms. The van der Waals surface area contributed by atoms with Crippen molar-refractivity contribution in [1.82, 2.24) is 45.6 Å². The van der Waals surface area contributed by atoms with Gasteiger partial charge in [0.05, 0.1) is 47.9 Å². The number of hydrogen-bond donors (Lipinski definition) is 5.